The van der Waals surface area contributed by atoms with Gasteiger partial charge in [0.1, 0.15) is 11.4 Å². The summed E-state index contributed by atoms with van der Waals surface area (Å²) in [4.78, 5) is 4.58. The van der Waals surface area contributed by atoms with E-state index in [1.807, 2.05) is 55.5 Å². The number of ether oxygens (including phenoxy) is 1. The van der Waals surface area contributed by atoms with Gasteiger partial charge in [-0.1, -0.05) is 17.7 Å². The van der Waals surface area contributed by atoms with Gasteiger partial charge in [-0.15, -0.1) is 10.2 Å². The Bertz CT molecular complexity index is 1110. The van der Waals surface area contributed by atoms with Crippen molar-refractivity contribution < 1.29 is 9.84 Å². The van der Waals surface area contributed by atoms with Crippen molar-refractivity contribution >= 4 is 17.2 Å². The van der Waals surface area contributed by atoms with E-state index in [0.717, 1.165) is 22.6 Å². The van der Waals surface area contributed by atoms with Crippen molar-refractivity contribution in [2.24, 2.45) is 10.2 Å². The molecule has 0 amide bonds. The quantitative estimate of drug-likeness (QED) is 0.494. The van der Waals surface area contributed by atoms with E-state index in [9.17, 15) is 5.11 Å². The van der Waals surface area contributed by atoms with Crippen LogP contribution in [0, 0.1) is 6.92 Å². The molecule has 0 atom stereocenters. The van der Waals surface area contributed by atoms with E-state index in [1.54, 1.807) is 29.8 Å². The monoisotopic (exact) mass is 358 g/mol. The van der Waals surface area contributed by atoms with Gasteiger partial charge >= 0.3 is 0 Å². The predicted molar refractivity (Wildman–Crippen MR) is 104 cm³/mol. The number of nitrogens with zero attached hydrogens (tertiary/aromatic N) is 4. The maximum absolute atomic E-state index is 10.2. The first kappa shape index (κ1) is 16.8. The number of aromatic nitrogens is 2. The number of azo groups is 1. The Labute approximate surface area is 156 Å². The van der Waals surface area contributed by atoms with Crippen molar-refractivity contribution in [1.29, 1.82) is 0 Å². The molecule has 0 aliphatic carbocycles. The number of fused-ring (bicyclic) bond motifs is 1. The minimum Gasteiger partial charge on any atom is -0.504 e. The van der Waals surface area contributed by atoms with E-state index in [4.69, 9.17) is 4.74 Å². The zero-order chi connectivity index (χ0) is 18.8. The van der Waals surface area contributed by atoms with Crippen LogP contribution in [0.1, 0.15) is 5.56 Å². The molecule has 0 bridgehead atoms. The Hall–Kier alpha value is -3.67. The molecule has 2 aromatic heterocycles. The van der Waals surface area contributed by atoms with Gasteiger partial charge in [0.25, 0.3) is 0 Å². The molecule has 4 rings (SSSR count). The molecular weight excluding hydrogens is 340 g/mol. The number of hydrogen-bond acceptors (Lipinski definition) is 5. The highest BCUT2D eigenvalue weighted by atomic mass is 16.5. The van der Waals surface area contributed by atoms with Gasteiger partial charge in [0.15, 0.2) is 17.2 Å². The molecule has 27 heavy (non-hydrogen) atoms. The number of pyridine rings is 1. The molecule has 0 fully saturated rings. The first-order valence-corrected chi connectivity index (χ1v) is 8.48. The highest BCUT2D eigenvalue weighted by Gasteiger charge is 2.16. The van der Waals surface area contributed by atoms with Crippen LogP contribution in [0.5, 0.6) is 11.5 Å². The minimum absolute atomic E-state index is 0.0871. The topological polar surface area (TPSA) is 71.5 Å². The summed E-state index contributed by atoms with van der Waals surface area (Å²) >= 11 is 0. The van der Waals surface area contributed by atoms with Gasteiger partial charge in [0.2, 0.25) is 0 Å². The van der Waals surface area contributed by atoms with E-state index in [-0.39, 0.29) is 5.75 Å². The third-order valence-electron chi connectivity index (χ3n) is 4.26. The Morgan fingerprint density at radius 1 is 0.963 bits per heavy atom. The van der Waals surface area contributed by atoms with E-state index < -0.39 is 0 Å². The first-order chi connectivity index (χ1) is 13.2. The SMILES string of the molecule is COc1ccc(-c2nc3c(O)cccn3c2N=Nc2ccc(C)cc2)cc1. The second kappa shape index (κ2) is 6.92. The van der Waals surface area contributed by atoms with Gasteiger partial charge in [-0.2, -0.15) is 0 Å². The number of aromatic hydroxyl groups is 1. The van der Waals surface area contributed by atoms with Crippen LogP contribution < -0.4 is 4.74 Å². The summed E-state index contributed by atoms with van der Waals surface area (Å²) in [5.41, 5.74) is 3.83. The van der Waals surface area contributed by atoms with E-state index in [0.29, 0.717) is 17.2 Å². The summed E-state index contributed by atoms with van der Waals surface area (Å²) in [6.07, 6.45) is 1.80. The molecule has 0 aliphatic rings. The van der Waals surface area contributed by atoms with Gasteiger partial charge in [0.05, 0.1) is 12.8 Å². The summed E-state index contributed by atoms with van der Waals surface area (Å²) in [5.74, 6) is 1.39. The molecule has 0 radical (unpaired) electrons. The smallest absolute Gasteiger partial charge is 0.187 e. The van der Waals surface area contributed by atoms with Crippen LogP contribution in [0.4, 0.5) is 11.5 Å². The first-order valence-electron chi connectivity index (χ1n) is 8.48. The number of hydrogen-bond donors (Lipinski definition) is 1. The second-order valence-electron chi connectivity index (χ2n) is 6.14. The molecule has 134 valence electrons. The molecule has 2 aromatic carbocycles. The van der Waals surface area contributed by atoms with Crippen LogP contribution in [-0.2, 0) is 0 Å². The van der Waals surface area contributed by atoms with Gasteiger partial charge in [-0.3, -0.25) is 4.40 Å². The van der Waals surface area contributed by atoms with Gasteiger partial charge < -0.3 is 9.84 Å². The van der Waals surface area contributed by atoms with Gasteiger partial charge in [-0.05, 0) is 55.5 Å². The lowest BCUT2D eigenvalue weighted by molar-refractivity contribution is 0.415. The summed E-state index contributed by atoms with van der Waals surface area (Å²) in [6.45, 7) is 2.02. The molecule has 0 aliphatic heterocycles. The Morgan fingerprint density at radius 2 is 1.70 bits per heavy atom. The molecule has 6 heteroatoms. The summed E-state index contributed by atoms with van der Waals surface area (Å²) in [6, 6.07) is 18.7. The van der Waals surface area contributed by atoms with E-state index in [1.165, 1.54) is 0 Å². The minimum atomic E-state index is 0.0871. The van der Waals surface area contributed by atoms with Crippen molar-refractivity contribution in [3.05, 3.63) is 72.4 Å². The number of benzene rings is 2. The average Bonchev–Trinajstić information content (AvgIpc) is 3.08. The fraction of sp³-hybridized carbons (Fsp3) is 0.0952. The molecule has 2 heterocycles. The fourth-order valence-electron chi connectivity index (χ4n) is 2.80. The lowest BCUT2D eigenvalue weighted by Gasteiger charge is -2.02. The number of imidazole rings is 1. The number of methoxy groups -OCH3 is 1. The zero-order valence-corrected chi connectivity index (χ0v) is 15.0. The van der Waals surface area contributed by atoms with Crippen molar-refractivity contribution in [3.8, 4) is 22.8 Å². The maximum atomic E-state index is 10.2. The van der Waals surface area contributed by atoms with Crippen LogP contribution in [0.2, 0.25) is 0 Å². The van der Waals surface area contributed by atoms with Crippen LogP contribution >= 0.6 is 0 Å². The molecule has 1 N–H and O–H groups in total. The Kier molecular flexibility index (Phi) is 4.30. The normalized spacial score (nSPS) is 11.3. The highest BCUT2D eigenvalue weighted by molar-refractivity contribution is 5.76. The lowest BCUT2D eigenvalue weighted by atomic mass is 10.1. The maximum Gasteiger partial charge on any atom is 0.187 e. The van der Waals surface area contributed by atoms with Crippen LogP contribution in [0.3, 0.4) is 0 Å². The summed E-state index contributed by atoms with van der Waals surface area (Å²) < 4.78 is 6.95. The van der Waals surface area contributed by atoms with Crippen LogP contribution in [-0.4, -0.2) is 21.6 Å². The molecule has 0 spiro atoms. The predicted octanol–water partition coefficient (Wildman–Crippen LogP) is 5.44. The Morgan fingerprint density at radius 3 is 2.41 bits per heavy atom. The van der Waals surface area contributed by atoms with Gasteiger partial charge in [-0.25, -0.2) is 4.98 Å². The fourth-order valence-corrected chi connectivity index (χ4v) is 2.80. The van der Waals surface area contributed by atoms with Crippen LogP contribution in [0.25, 0.3) is 16.9 Å². The zero-order valence-electron chi connectivity index (χ0n) is 15.0. The highest BCUT2D eigenvalue weighted by Crippen LogP contribution is 2.35. The summed E-state index contributed by atoms with van der Waals surface area (Å²) in [5, 5.41) is 19.0. The summed E-state index contributed by atoms with van der Waals surface area (Å²) in [7, 11) is 1.62. The third-order valence-corrected chi connectivity index (χ3v) is 4.26. The average molecular weight is 358 g/mol. The third kappa shape index (κ3) is 3.25. The van der Waals surface area contributed by atoms with Crippen molar-refractivity contribution in [3.63, 3.8) is 0 Å². The van der Waals surface area contributed by atoms with Crippen molar-refractivity contribution in [2.45, 2.75) is 6.92 Å². The van der Waals surface area contributed by atoms with Crippen molar-refractivity contribution in [2.75, 3.05) is 7.11 Å². The second-order valence-corrected chi connectivity index (χ2v) is 6.14. The lowest BCUT2D eigenvalue weighted by Crippen LogP contribution is -1.84. The van der Waals surface area contributed by atoms with E-state index in [2.05, 4.69) is 15.2 Å². The molecule has 0 unspecified atom stereocenters. The molecule has 0 saturated carbocycles. The molecular formula is C21H18N4O2. The molecule has 4 aromatic rings. The molecule has 6 nitrogen and oxygen atoms in total. The number of rotatable bonds is 4. The van der Waals surface area contributed by atoms with E-state index >= 15 is 0 Å². The number of aryl methyl sites for hydroxylation is 1. The standard InChI is InChI=1S/C21H18N4O2/c1-14-5-9-16(10-6-14)23-24-21-19(15-7-11-17(27-2)12-8-15)22-20-18(26)4-3-13-25(20)21/h3-13,26H,1-2H3. The van der Waals surface area contributed by atoms with Crippen molar-refractivity contribution in [1.82, 2.24) is 9.38 Å². The van der Waals surface area contributed by atoms with Gasteiger partial charge in [0, 0.05) is 11.8 Å². The largest absolute Gasteiger partial charge is 0.504 e. The Balaban J connectivity index is 1.85. The molecule has 0 saturated heterocycles. The van der Waals surface area contributed by atoms with Crippen LogP contribution in [0.15, 0.2) is 77.1 Å².